The van der Waals surface area contributed by atoms with E-state index in [9.17, 15) is 9.90 Å². The number of nitrogens with zero attached hydrogens (tertiary/aromatic N) is 4. The average molecular weight is 459 g/mol. The molecule has 0 aliphatic rings. The van der Waals surface area contributed by atoms with Gasteiger partial charge in [0, 0.05) is 23.2 Å². The second kappa shape index (κ2) is 9.92. The van der Waals surface area contributed by atoms with Gasteiger partial charge in [0.25, 0.3) is 5.91 Å². The number of amides is 1. The van der Waals surface area contributed by atoms with E-state index in [1.807, 2.05) is 32.2 Å². The maximum absolute atomic E-state index is 12.5. The number of rotatable bonds is 8. The Balaban J connectivity index is 1.58. The number of nitriles is 1. The van der Waals surface area contributed by atoms with Crippen molar-refractivity contribution in [3.8, 4) is 17.3 Å². The summed E-state index contributed by atoms with van der Waals surface area (Å²) in [6.45, 7) is 5.90. The van der Waals surface area contributed by atoms with E-state index in [0.29, 0.717) is 28.0 Å². The van der Waals surface area contributed by atoms with Crippen LogP contribution in [0.1, 0.15) is 36.8 Å². The topological polar surface area (TPSA) is 116 Å². The molecular formula is C21H23ClN6O2S. The zero-order valence-corrected chi connectivity index (χ0v) is 18.9. The van der Waals surface area contributed by atoms with Gasteiger partial charge in [-0.1, -0.05) is 17.7 Å². The van der Waals surface area contributed by atoms with Gasteiger partial charge >= 0.3 is 0 Å². The normalized spacial score (nSPS) is 13.8. The van der Waals surface area contributed by atoms with Crippen molar-refractivity contribution in [1.82, 2.24) is 20.1 Å². The second-order valence-corrected chi connectivity index (χ2v) is 8.58. The summed E-state index contributed by atoms with van der Waals surface area (Å²) in [6, 6.07) is 8.72. The molecule has 2 unspecified atom stereocenters. The molecule has 3 N–H and O–H groups in total. The Hall–Kier alpha value is -2.93. The van der Waals surface area contributed by atoms with Crippen LogP contribution in [0.4, 0.5) is 5.13 Å². The number of hydrogen-bond donors (Lipinski definition) is 3. The Morgan fingerprint density at radius 2 is 2.13 bits per heavy atom. The molecule has 0 saturated carbocycles. The number of aliphatic hydroxyl groups is 1. The summed E-state index contributed by atoms with van der Waals surface area (Å²) in [5.41, 5.74) is 2.29. The van der Waals surface area contributed by atoms with Crippen LogP contribution in [0.15, 0.2) is 35.8 Å². The van der Waals surface area contributed by atoms with Crippen molar-refractivity contribution in [3.63, 3.8) is 0 Å². The summed E-state index contributed by atoms with van der Waals surface area (Å²) < 4.78 is 1.74. The number of anilines is 1. The lowest BCUT2D eigenvalue weighted by Crippen LogP contribution is -2.36. The van der Waals surface area contributed by atoms with Gasteiger partial charge in [0.2, 0.25) is 0 Å². The van der Waals surface area contributed by atoms with Crippen LogP contribution in [-0.4, -0.2) is 44.0 Å². The summed E-state index contributed by atoms with van der Waals surface area (Å²) in [4.78, 5) is 16.8. The lowest BCUT2D eigenvalue weighted by Gasteiger charge is -2.15. The van der Waals surface area contributed by atoms with Crippen LogP contribution in [0.2, 0.25) is 5.02 Å². The number of aliphatic hydroxyl groups excluding tert-OH is 1. The summed E-state index contributed by atoms with van der Waals surface area (Å²) in [5.74, 6) is -0.271. The maximum Gasteiger partial charge on any atom is 0.271 e. The highest BCUT2D eigenvalue weighted by Crippen LogP contribution is 2.24. The maximum atomic E-state index is 12.5. The molecule has 2 aromatic heterocycles. The SMILES string of the molecule is CC(O)C(C)Nc1nc(C(=O)N[C@H](C)Cn2ccc(-c3ccc(C#N)c(Cl)c3)n2)cs1. The summed E-state index contributed by atoms with van der Waals surface area (Å²) >= 11 is 7.42. The van der Waals surface area contributed by atoms with E-state index < -0.39 is 6.10 Å². The molecule has 0 saturated heterocycles. The molecule has 0 aliphatic carbocycles. The number of carbonyl (C=O) groups excluding carboxylic acids is 1. The van der Waals surface area contributed by atoms with Gasteiger partial charge in [-0.05, 0) is 39.0 Å². The zero-order chi connectivity index (χ0) is 22.5. The molecule has 0 fully saturated rings. The first-order chi connectivity index (χ1) is 14.8. The van der Waals surface area contributed by atoms with E-state index in [1.165, 1.54) is 11.3 Å². The minimum Gasteiger partial charge on any atom is -0.391 e. The smallest absolute Gasteiger partial charge is 0.271 e. The van der Waals surface area contributed by atoms with E-state index in [1.54, 1.807) is 35.2 Å². The van der Waals surface area contributed by atoms with Crippen molar-refractivity contribution in [1.29, 1.82) is 5.26 Å². The van der Waals surface area contributed by atoms with Crippen molar-refractivity contribution >= 4 is 34.0 Å². The number of nitrogens with one attached hydrogen (secondary N) is 2. The van der Waals surface area contributed by atoms with Crippen LogP contribution in [0.25, 0.3) is 11.3 Å². The fourth-order valence-corrected chi connectivity index (χ4v) is 3.78. The number of benzene rings is 1. The van der Waals surface area contributed by atoms with Crippen molar-refractivity contribution in [2.24, 2.45) is 0 Å². The van der Waals surface area contributed by atoms with Gasteiger partial charge in [0.05, 0.1) is 35.0 Å². The first-order valence-electron chi connectivity index (χ1n) is 9.71. The highest BCUT2D eigenvalue weighted by atomic mass is 35.5. The molecule has 162 valence electrons. The van der Waals surface area contributed by atoms with Gasteiger partial charge in [0.15, 0.2) is 5.13 Å². The Morgan fingerprint density at radius 1 is 1.35 bits per heavy atom. The monoisotopic (exact) mass is 458 g/mol. The molecule has 3 rings (SSSR count). The molecule has 0 bridgehead atoms. The van der Waals surface area contributed by atoms with Crippen molar-refractivity contribution < 1.29 is 9.90 Å². The van der Waals surface area contributed by atoms with Gasteiger partial charge in [-0.25, -0.2) is 4.98 Å². The van der Waals surface area contributed by atoms with E-state index in [2.05, 4.69) is 20.7 Å². The molecule has 1 aromatic carbocycles. The minimum absolute atomic E-state index is 0.166. The van der Waals surface area contributed by atoms with Crippen molar-refractivity contribution in [3.05, 3.63) is 52.1 Å². The fraction of sp³-hybridized carbons (Fsp3) is 0.333. The van der Waals surface area contributed by atoms with Gasteiger partial charge in [-0.15, -0.1) is 11.3 Å². The lowest BCUT2D eigenvalue weighted by molar-refractivity contribution is 0.0931. The Bertz CT molecular complexity index is 1100. The van der Waals surface area contributed by atoms with Gasteiger partial charge in [0.1, 0.15) is 11.8 Å². The number of hydrogen-bond acceptors (Lipinski definition) is 7. The minimum atomic E-state index is -0.527. The standard InChI is InChI=1S/C21H23ClN6O2S/c1-12(24-20(30)19-11-31-21(26-19)25-13(2)14(3)29)10-28-7-6-18(27-28)15-4-5-16(9-23)17(22)8-15/h4-8,11-14,29H,10H2,1-3H3,(H,24,30)(H,25,26)/t12-,13?,14?/m1/s1. The summed E-state index contributed by atoms with van der Waals surface area (Å²) in [6.07, 6.45) is 1.30. The lowest BCUT2D eigenvalue weighted by atomic mass is 10.1. The highest BCUT2D eigenvalue weighted by Gasteiger charge is 2.16. The number of thiazole rings is 1. The van der Waals surface area contributed by atoms with Crippen LogP contribution >= 0.6 is 22.9 Å². The summed E-state index contributed by atoms with van der Waals surface area (Å²) in [7, 11) is 0. The van der Waals surface area contributed by atoms with Gasteiger partial charge < -0.3 is 15.7 Å². The Labute approximate surface area is 189 Å². The van der Waals surface area contributed by atoms with Crippen molar-refractivity contribution in [2.45, 2.75) is 45.5 Å². The third-order valence-electron chi connectivity index (χ3n) is 4.68. The molecule has 10 heteroatoms. The third kappa shape index (κ3) is 5.82. The van der Waals surface area contributed by atoms with Crippen LogP contribution in [-0.2, 0) is 6.54 Å². The van der Waals surface area contributed by atoms with E-state index in [4.69, 9.17) is 16.9 Å². The molecule has 0 spiro atoms. The Morgan fingerprint density at radius 3 is 2.81 bits per heavy atom. The van der Waals surface area contributed by atoms with Gasteiger partial charge in [-0.2, -0.15) is 10.4 Å². The van der Waals surface area contributed by atoms with Crippen LogP contribution in [0.5, 0.6) is 0 Å². The second-order valence-electron chi connectivity index (χ2n) is 7.32. The zero-order valence-electron chi connectivity index (χ0n) is 17.3. The molecular weight excluding hydrogens is 436 g/mol. The molecule has 3 atom stereocenters. The molecule has 3 aromatic rings. The van der Waals surface area contributed by atoms with Crippen LogP contribution < -0.4 is 10.6 Å². The van der Waals surface area contributed by atoms with Crippen LogP contribution in [0, 0.1) is 11.3 Å². The van der Waals surface area contributed by atoms with E-state index in [0.717, 1.165) is 11.3 Å². The number of aromatic nitrogens is 3. The van der Waals surface area contributed by atoms with Crippen molar-refractivity contribution in [2.75, 3.05) is 5.32 Å². The van der Waals surface area contributed by atoms with Crippen LogP contribution in [0.3, 0.4) is 0 Å². The molecule has 0 aliphatic heterocycles. The molecule has 2 heterocycles. The average Bonchev–Trinajstić information content (AvgIpc) is 3.37. The molecule has 31 heavy (non-hydrogen) atoms. The fourth-order valence-electron chi connectivity index (χ4n) is 2.77. The highest BCUT2D eigenvalue weighted by molar-refractivity contribution is 7.13. The first-order valence-corrected chi connectivity index (χ1v) is 11.0. The van der Waals surface area contributed by atoms with Gasteiger partial charge in [-0.3, -0.25) is 9.48 Å². The predicted molar refractivity (Wildman–Crippen MR) is 121 cm³/mol. The van der Waals surface area contributed by atoms with E-state index >= 15 is 0 Å². The largest absolute Gasteiger partial charge is 0.391 e. The number of carbonyl (C=O) groups is 1. The predicted octanol–water partition coefficient (Wildman–Crippen LogP) is 3.53. The molecule has 1 amide bonds. The number of halogens is 1. The molecule has 8 nitrogen and oxygen atoms in total. The first kappa shape index (κ1) is 22.7. The van der Waals surface area contributed by atoms with E-state index in [-0.39, 0.29) is 18.0 Å². The molecule has 0 radical (unpaired) electrons. The summed E-state index contributed by atoms with van der Waals surface area (Å²) in [5, 5.41) is 31.7. The quantitative estimate of drug-likeness (QED) is 0.475. The Kier molecular flexibility index (Phi) is 7.28. The third-order valence-corrected chi connectivity index (χ3v) is 5.76.